The van der Waals surface area contributed by atoms with Crippen LogP contribution in [0.25, 0.3) is 5.82 Å². The van der Waals surface area contributed by atoms with Gasteiger partial charge in [-0.1, -0.05) is 49.7 Å². The molecule has 5 heterocycles. The highest BCUT2D eigenvalue weighted by atomic mass is 16.7. The number of likely N-dealkylation sites (N-methyl/N-ethyl adjacent to an activating group) is 1. The van der Waals surface area contributed by atoms with Crippen molar-refractivity contribution >= 4 is 17.5 Å². The van der Waals surface area contributed by atoms with Crippen LogP contribution < -0.4 is 0 Å². The van der Waals surface area contributed by atoms with E-state index in [0.717, 1.165) is 11.1 Å². The van der Waals surface area contributed by atoms with Crippen molar-refractivity contribution in [2.45, 2.75) is 153 Å². The normalized spacial score (nSPS) is 37.3. The lowest BCUT2D eigenvalue weighted by Gasteiger charge is -2.47. The first-order valence-corrected chi connectivity index (χ1v) is 24.7. The zero-order valence-corrected chi connectivity index (χ0v) is 42.3. The number of ether oxygens (including phenoxy) is 8. The minimum absolute atomic E-state index is 0.0583. The molecule has 0 radical (unpaired) electrons. The first-order valence-electron chi connectivity index (χ1n) is 24.7. The van der Waals surface area contributed by atoms with Gasteiger partial charge < -0.3 is 63.0 Å². The van der Waals surface area contributed by atoms with Crippen LogP contribution in [0.1, 0.15) is 78.7 Å². The summed E-state index contributed by atoms with van der Waals surface area (Å²) >= 11 is 0. The summed E-state index contributed by atoms with van der Waals surface area (Å²) in [5.74, 6) is -1.74. The number of hydrogen-bond acceptors (Lipinski definition) is 18. The number of cyclic esters (lactones) is 1. The van der Waals surface area contributed by atoms with Crippen LogP contribution in [0, 0.1) is 23.7 Å². The third-order valence-corrected chi connectivity index (χ3v) is 14.2. The molecule has 0 aromatic carbocycles. The Morgan fingerprint density at radius 1 is 0.971 bits per heavy atom. The number of ketones is 1. The molecule has 70 heavy (non-hydrogen) atoms. The van der Waals surface area contributed by atoms with Gasteiger partial charge in [-0.25, -0.2) is 9.97 Å². The SMILES string of the molecule is CC[C@H]1OC(=O)C[C@H]2OC/C(=N/OCc3ccc(-n4ccnc4)nc3)COCCC(C[C@@H](C)C(=O)/C=C/C(C)=C/[C@@H]1CO[C@@H]1CC[C@@H](O)[C@@H](OC)[C@H]1OC)[C@H](O[C@@H]1O[C@H](C)[C@@H](O)[C@H](N(C)C)[C@H]1O)[C@H]2C. The number of carbonyl (C=O) groups is 2. The number of oxime groups is 1. The number of aliphatic hydroxyl groups excluding tert-OH is 3. The summed E-state index contributed by atoms with van der Waals surface area (Å²) in [5, 5.41) is 37.9. The average molecular weight is 984 g/mol. The van der Waals surface area contributed by atoms with Crippen LogP contribution in [0.5, 0.6) is 0 Å². The number of esters is 1. The molecule has 1 aliphatic carbocycles. The van der Waals surface area contributed by atoms with E-state index in [1.54, 1.807) is 74.7 Å². The Bertz CT molecular complexity index is 2020. The van der Waals surface area contributed by atoms with Gasteiger partial charge in [-0.2, -0.15) is 0 Å². The number of fused-ring (bicyclic) bond motifs is 3. The average Bonchev–Trinajstić information content (AvgIpc) is 3.88. The third-order valence-electron chi connectivity index (χ3n) is 14.2. The van der Waals surface area contributed by atoms with E-state index in [0.29, 0.717) is 43.6 Å². The second-order valence-corrected chi connectivity index (χ2v) is 19.5. The predicted octanol–water partition coefficient (Wildman–Crippen LogP) is 3.99. The highest BCUT2D eigenvalue weighted by molar-refractivity contribution is 5.91. The van der Waals surface area contributed by atoms with E-state index in [2.05, 4.69) is 15.1 Å². The van der Waals surface area contributed by atoms with E-state index in [-0.39, 0.29) is 51.2 Å². The van der Waals surface area contributed by atoms with Crippen LogP contribution >= 0.6 is 0 Å². The molecule has 390 valence electrons. The summed E-state index contributed by atoms with van der Waals surface area (Å²) in [4.78, 5) is 44.7. The maximum atomic E-state index is 14.5. The molecule has 16 atom stereocenters. The quantitative estimate of drug-likeness (QED) is 0.191. The van der Waals surface area contributed by atoms with Gasteiger partial charge in [0, 0.05) is 62.7 Å². The number of aromatic nitrogens is 3. The van der Waals surface area contributed by atoms with Gasteiger partial charge in [0.1, 0.15) is 48.9 Å². The molecule has 0 spiro atoms. The molecule has 6 rings (SSSR count). The topological polar surface area (TPSA) is 224 Å². The van der Waals surface area contributed by atoms with E-state index >= 15 is 0 Å². The van der Waals surface area contributed by atoms with Crippen molar-refractivity contribution in [2.75, 3.05) is 54.7 Å². The van der Waals surface area contributed by atoms with Crippen LogP contribution in [0.4, 0.5) is 0 Å². The summed E-state index contributed by atoms with van der Waals surface area (Å²) in [6.45, 7) is 9.89. The Labute approximate surface area is 412 Å². The first-order chi connectivity index (χ1) is 33.6. The Balaban J connectivity index is 1.31. The number of carbonyl (C=O) groups excluding carboxylic acids is 2. The lowest BCUT2D eigenvalue weighted by atomic mass is 9.79. The van der Waals surface area contributed by atoms with E-state index in [9.17, 15) is 24.9 Å². The van der Waals surface area contributed by atoms with Crippen LogP contribution in [0.15, 0.2) is 66.0 Å². The smallest absolute Gasteiger partial charge is 0.308 e. The molecule has 19 nitrogen and oxygen atoms in total. The van der Waals surface area contributed by atoms with Crippen molar-refractivity contribution in [3.05, 3.63) is 66.4 Å². The Hall–Kier alpha value is -3.99. The third kappa shape index (κ3) is 14.6. The standard InChI is InChI=1S/C51H77N5O14/c1-10-40-36(26-65-41-15-14-39(58)49(62-8)50(41)63-9)21-30(2)11-13-38(57)31(3)22-35-17-20-64-27-37(54-67-25-34-12-16-43(53-24-34)56-19-18-52-29-56)28-66-42(23-44(59)69-40)32(4)48(35)70-51-47(61)45(55(6)7)46(60)33(5)68-51/h11-13,16,18-19,21,24,29,31-33,35-36,39-42,45-51,58,60-61H,10,14-15,17,20,22-23,25-28H2,1-9H3/b13-11+,30-21+,54-37+/t31-,32+,33-,35?,36-,39-,40-,41-,42-,45+,46-,47-,48-,49-,50+,51+/m1/s1. The van der Waals surface area contributed by atoms with Crippen molar-refractivity contribution < 1.29 is 67.6 Å². The lowest BCUT2D eigenvalue weighted by molar-refractivity contribution is -0.305. The van der Waals surface area contributed by atoms with E-state index < -0.39 is 97.1 Å². The number of imidazole rings is 1. The summed E-state index contributed by atoms with van der Waals surface area (Å²) in [5.41, 5.74) is 2.01. The molecule has 3 N–H and O–H groups in total. The minimum atomic E-state index is -1.25. The number of rotatable bonds is 13. The fourth-order valence-electron chi connectivity index (χ4n) is 10.1. The van der Waals surface area contributed by atoms with Crippen molar-refractivity contribution in [2.24, 2.45) is 28.8 Å². The summed E-state index contributed by atoms with van der Waals surface area (Å²) in [6, 6.07) is 3.04. The van der Waals surface area contributed by atoms with Crippen LogP contribution in [-0.2, 0) is 58.9 Å². The zero-order valence-electron chi connectivity index (χ0n) is 42.3. The monoisotopic (exact) mass is 984 g/mol. The molecule has 2 saturated heterocycles. The number of methoxy groups -OCH3 is 2. The fraction of sp³-hybridized carbons (Fsp3) is 0.706. The number of pyridine rings is 1. The maximum Gasteiger partial charge on any atom is 0.308 e. The molecular formula is C51H77N5O14. The van der Waals surface area contributed by atoms with Crippen molar-refractivity contribution in [3.8, 4) is 5.82 Å². The second-order valence-electron chi connectivity index (χ2n) is 19.5. The van der Waals surface area contributed by atoms with Crippen molar-refractivity contribution in [3.63, 3.8) is 0 Å². The Morgan fingerprint density at radius 3 is 2.44 bits per heavy atom. The molecule has 1 saturated carbocycles. The van der Waals surface area contributed by atoms with Crippen LogP contribution in [-0.4, -0.2) is 180 Å². The number of hydrogen-bond donors (Lipinski definition) is 3. The van der Waals surface area contributed by atoms with Gasteiger partial charge in [-0.15, -0.1) is 0 Å². The van der Waals surface area contributed by atoms with E-state index in [1.165, 1.54) is 7.11 Å². The van der Waals surface area contributed by atoms with E-state index in [1.807, 2.05) is 45.9 Å². The van der Waals surface area contributed by atoms with Crippen molar-refractivity contribution in [1.29, 1.82) is 0 Å². The van der Waals surface area contributed by atoms with Gasteiger partial charge in [0.2, 0.25) is 0 Å². The molecule has 3 fully saturated rings. The highest BCUT2D eigenvalue weighted by Crippen LogP contribution is 2.36. The fourth-order valence-corrected chi connectivity index (χ4v) is 10.1. The van der Waals surface area contributed by atoms with Crippen LogP contribution in [0.2, 0.25) is 0 Å². The number of allylic oxidation sites excluding steroid dienone is 3. The van der Waals surface area contributed by atoms with Gasteiger partial charge in [-0.05, 0) is 78.1 Å². The van der Waals surface area contributed by atoms with Gasteiger partial charge >= 0.3 is 5.97 Å². The maximum absolute atomic E-state index is 14.5. The predicted molar refractivity (Wildman–Crippen MR) is 257 cm³/mol. The highest BCUT2D eigenvalue weighted by Gasteiger charge is 2.48. The molecule has 0 amide bonds. The number of nitrogens with zero attached hydrogens (tertiary/aromatic N) is 5. The molecule has 3 aliphatic heterocycles. The molecule has 2 aromatic heterocycles. The van der Waals surface area contributed by atoms with Crippen LogP contribution in [0.3, 0.4) is 0 Å². The summed E-state index contributed by atoms with van der Waals surface area (Å²) < 4.78 is 52.2. The summed E-state index contributed by atoms with van der Waals surface area (Å²) in [7, 11) is 6.65. The Kier molecular flexibility index (Phi) is 21.0. The van der Waals surface area contributed by atoms with Crippen molar-refractivity contribution in [1.82, 2.24) is 19.4 Å². The molecule has 19 heteroatoms. The zero-order chi connectivity index (χ0) is 50.5. The molecule has 2 aromatic rings. The van der Waals surface area contributed by atoms with Gasteiger partial charge in [-0.3, -0.25) is 14.2 Å². The molecular weight excluding hydrogens is 907 g/mol. The van der Waals surface area contributed by atoms with Gasteiger partial charge in [0.15, 0.2) is 12.1 Å². The lowest BCUT2D eigenvalue weighted by Crippen LogP contribution is -2.63. The summed E-state index contributed by atoms with van der Waals surface area (Å²) in [6.07, 6.45) is 5.69. The van der Waals surface area contributed by atoms with E-state index in [4.69, 9.17) is 42.7 Å². The molecule has 4 aliphatic rings. The van der Waals surface area contributed by atoms with Gasteiger partial charge in [0.05, 0.1) is 68.9 Å². The first kappa shape index (κ1) is 55.3. The second kappa shape index (κ2) is 26.6. The molecule has 2 bridgehead atoms. The van der Waals surface area contributed by atoms with Gasteiger partial charge in [0.25, 0.3) is 0 Å². The largest absolute Gasteiger partial charge is 0.462 e. The minimum Gasteiger partial charge on any atom is -0.462 e. The Morgan fingerprint density at radius 2 is 1.76 bits per heavy atom. The molecule has 1 unspecified atom stereocenters. The number of aliphatic hydroxyl groups is 3.